The molecule has 0 aromatic heterocycles. The van der Waals surface area contributed by atoms with Gasteiger partial charge in [-0.1, -0.05) is 25.3 Å². The van der Waals surface area contributed by atoms with Crippen LogP contribution in [0.3, 0.4) is 0 Å². The van der Waals surface area contributed by atoms with E-state index >= 15 is 0 Å². The van der Waals surface area contributed by atoms with Gasteiger partial charge in [-0.2, -0.15) is 0 Å². The smallest absolute Gasteiger partial charge is 0.123 e. The minimum absolute atomic E-state index is 0.0912. The second-order valence-corrected chi connectivity index (χ2v) is 6.63. The Morgan fingerprint density at radius 1 is 1.14 bits per heavy atom. The molecule has 0 bridgehead atoms. The lowest BCUT2D eigenvalue weighted by Gasteiger charge is -2.41. The van der Waals surface area contributed by atoms with Crippen LogP contribution in [0, 0.1) is 18.7 Å². The number of aryl methyl sites for hydroxylation is 1. The van der Waals surface area contributed by atoms with E-state index in [4.69, 9.17) is 0 Å². The third-order valence-electron chi connectivity index (χ3n) is 5.20. The number of nitrogens with zero attached hydrogens (tertiary/aromatic N) is 1. The SMILES string of the molecule is Cc1ccc(F)cc1[C@@H](C1CCCCC1)N1CCNCC1. The average molecular weight is 290 g/mol. The Balaban J connectivity index is 1.91. The molecule has 1 heterocycles. The van der Waals surface area contributed by atoms with E-state index in [1.54, 1.807) is 12.1 Å². The summed E-state index contributed by atoms with van der Waals surface area (Å²) < 4.78 is 13.8. The topological polar surface area (TPSA) is 15.3 Å². The summed E-state index contributed by atoms with van der Waals surface area (Å²) in [6.45, 7) is 6.40. The first-order valence-corrected chi connectivity index (χ1v) is 8.46. The summed E-state index contributed by atoms with van der Waals surface area (Å²) in [5.41, 5.74) is 2.47. The molecule has 21 heavy (non-hydrogen) atoms. The molecule has 0 radical (unpaired) electrons. The maximum absolute atomic E-state index is 13.8. The molecule has 0 unspecified atom stereocenters. The van der Waals surface area contributed by atoms with Crippen LogP contribution in [0.1, 0.15) is 49.3 Å². The van der Waals surface area contributed by atoms with Crippen LogP contribution in [-0.2, 0) is 0 Å². The van der Waals surface area contributed by atoms with Crippen LogP contribution < -0.4 is 5.32 Å². The molecule has 3 heteroatoms. The summed E-state index contributed by atoms with van der Waals surface area (Å²) in [4.78, 5) is 2.59. The Labute approximate surface area is 127 Å². The molecule has 2 fully saturated rings. The van der Waals surface area contributed by atoms with Crippen molar-refractivity contribution in [3.63, 3.8) is 0 Å². The molecule has 116 valence electrons. The maximum Gasteiger partial charge on any atom is 0.123 e. The van der Waals surface area contributed by atoms with Crippen LogP contribution in [0.2, 0.25) is 0 Å². The minimum Gasteiger partial charge on any atom is -0.314 e. The molecule has 1 atom stereocenters. The van der Waals surface area contributed by atoms with Gasteiger partial charge in [-0.3, -0.25) is 4.90 Å². The normalized spacial score (nSPS) is 23.1. The molecular weight excluding hydrogens is 263 g/mol. The molecule has 1 aromatic carbocycles. The van der Waals surface area contributed by atoms with Crippen molar-refractivity contribution in [2.75, 3.05) is 26.2 Å². The van der Waals surface area contributed by atoms with Crippen molar-refractivity contribution in [2.24, 2.45) is 5.92 Å². The third kappa shape index (κ3) is 3.46. The number of piperazine rings is 1. The van der Waals surface area contributed by atoms with Gasteiger partial charge in [0.25, 0.3) is 0 Å². The molecule has 3 rings (SSSR count). The van der Waals surface area contributed by atoms with Gasteiger partial charge in [0.15, 0.2) is 0 Å². The molecule has 1 aliphatic carbocycles. The van der Waals surface area contributed by atoms with Crippen LogP contribution in [0.25, 0.3) is 0 Å². The van der Waals surface area contributed by atoms with Crippen LogP contribution >= 0.6 is 0 Å². The molecule has 0 amide bonds. The highest BCUT2D eigenvalue weighted by Crippen LogP contribution is 2.39. The molecule has 1 aliphatic heterocycles. The van der Waals surface area contributed by atoms with E-state index in [2.05, 4.69) is 17.1 Å². The lowest BCUT2D eigenvalue weighted by atomic mass is 9.79. The molecular formula is C18H27FN2. The molecule has 1 saturated heterocycles. The Hall–Kier alpha value is -0.930. The monoisotopic (exact) mass is 290 g/mol. The Morgan fingerprint density at radius 2 is 1.86 bits per heavy atom. The van der Waals surface area contributed by atoms with E-state index < -0.39 is 0 Å². The van der Waals surface area contributed by atoms with Crippen LogP contribution in [-0.4, -0.2) is 31.1 Å². The Bertz CT molecular complexity index is 444. The second kappa shape index (κ2) is 6.89. The summed E-state index contributed by atoms with van der Waals surface area (Å²) in [6, 6.07) is 5.73. The van der Waals surface area contributed by atoms with Gasteiger partial charge in [0.1, 0.15) is 5.82 Å². The van der Waals surface area contributed by atoms with Crippen molar-refractivity contribution in [3.05, 3.63) is 35.1 Å². The highest BCUT2D eigenvalue weighted by atomic mass is 19.1. The Kier molecular flexibility index (Phi) is 4.91. The zero-order chi connectivity index (χ0) is 14.7. The van der Waals surface area contributed by atoms with Crippen molar-refractivity contribution >= 4 is 0 Å². The van der Waals surface area contributed by atoms with Crippen LogP contribution in [0.4, 0.5) is 4.39 Å². The Morgan fingerprint density at radius 3 is 2.57 bits per heavy atom. The highest BCUT2D eigenvalue weighted by molar-refractivity contribution is 5.30. The lowest BCUT2D eigenvalue weighted by Crippen LogP contribution is -2.47. The number of rotatable bonds is 3. The first-order chi connectivity index (χ1) is 10.3. The van der Waals surface area contributed by atoms with E-state index in [-0.39, 0.29) is 5.82 Å². The average Bonchev–Trinajstić information content (AvgIpc) is 2.53. The van der Waals surface area contributed by atoms with E-state index in [0.29, 0.717) is 12.0 Å². The van der Waals surface area contributed by atoms with Gasteiger partial charge in [0.2, 0.25) is 0 Å². The van der Waals surface area contributed by atoms with Crippen molar-refractivity contribution in [2.45, 2.75) is 45.1 Å². The number of hydrogen-bond acceptors (Lipinski definition) is 2. The van der Waals surface area contributed by atoms with Gasteiger partial charge < -0.3 is 5.32 Å². The van der Waals surface area contributed by atoms with Gasteiger partial charge in [-0.15, -0.1) is 0 Å². The minimum atomic E-state index is -0.0912. The fourth-order valence-corrected chi connectivity index (χ4v) is 4.09. The van der Waals surface area contributed by atoms with Crippen LogP contribution in [0.5, 0.6) is 0 Å². The lowest BCUT2D eigenvalue weighted by molar-refractivity contribution is 0.103. The largest absolute Gasteiger partial charge is 0.314 e. The molecule has 0 spiro atoms. The van der Waals surface area contributed by atoms with E-state index in [1.807, 2.05) is 6.07 Å². The second-order valence-electron chi connectivity index (χ2n) is 6.63. The molecule has 1 aromatic rings. The molecule has 2 nitrogen and oxygen atoms in total. The molecule has 1 N–H and O–H groups in total. The third-order valence-corrected chi connectivity index (χ3v) is 5.20. The van der Waals surface area contributed by atoms with Crippen molar-refractivity contribution in [1.82, 2.24) is 10.2 Å². The number of benzene rings is 1. The first kappa shape index (κ1) is 15.0. The summed E-state index contributed by atoms with van der Waals surface area (Å²) in [6.07, 6.45) is 6.63. The van der Waals surface area contributed by atoms with Crippen LogP contribution in [0.15, 0.2) is 18.2 Å². The summed E-state index contributed by atoms with van der Waals surface area (Å²) in [5.74, 6) is 0.601. The highest BCUT2D eigenvalue weighted by Gasteiger charge is 2.31. The number of nitrogens with one attached hydrogen (secondary N) is 1. The maximum atomic E-state index is 13.8. The summed E-state index contributed by atoms with van der Waals surface area (Å²) in [7, 11) is 0. The van der Waals surface area contributed by atoms with E-state index in [1.165, 1.54) is 43.2 Å². The van der Waals surface area contributed by atoms with E-state index in [9.17, 15) is 4.39 Å². The first-order valence-electron chi connectivity index (χ1n) is 8.46. The van der Waals surface area contributed by atoms with Gasteiger partial charge >= 0.3 is 0 Å². The fraction of sp³-hybridized carbons (Fsp3) is 0.667. The molecule has 1 saturated carbocycles. The zero-order valence-electron chi connectivity index (χ0n) is 13.1. The predicted molar refractivity (Wildman–Crippen MR) is 84.9 cm³/mol. The van der Waals surface area contributed by atoms with Gasteiger partial charge in [0, 0.05) is 32.2 Å². The van der Waals surface area contributed by atoms with Gasteiger partial charge in [-0.25, -0.2) is 4.39 Å². The van der Waals surface area contributed by atoms with Gasteiger partial charge in [0.05, 0.1) is 0 Å². The van der Waals surface area contributed by atoms with E-state index in [0.717, 1.165) is 26.2 Å². The quantitative estimate of drug-likeness (QED) is 0.914. The molecule has 2 aliphatic rings. The van der Waals surface area contributed by atoms with Gasteiger partial charge in [-0.05, 0) is 48.9 Å². The van der Waals surface area contributed by atoms with Crippen molar-refractivity contribution in [3.8, 4) is 0 Å². The standard InChI is InChI=1S/C18H27FN2/c1-14-7-8-16(19)13-17(14)18(15-5-3-2-4-6-15)21-11-9-20-10-12-21/h7-8,13,15,18,20H,2-6,9-12H2,1H3/t18-/m1/s1. The number of halogens is 1. The summed E-state index contributed by atoms with van der Waals surface area (Å²) >= 11 is 0. The zero-order valence-corrected chi connectivity index (χ0v) is 13.1. The fourth-order valence-electron chi connectivity index (χ4n) is 4.09. The summed E-state index contributed by atoms with van der Waals surface area (Å²) in [5, 5.41) is 3.43. The van der Waals surface area contributed by atoms with Crippen molar-refractivity contribution in [1.29, 1.82) is 0 Å². The number of hydrogen-bond donors (Lipinski definition) is 1. The van der Waals surface area contributed by atoms with Crippen molar-refractivity contribution < 1.29 is 4.39 Å². The predicted octanol–water partition coefficient (Wildman–Crippen LogP) is 3.66.